The maximum Gasteiger partial charge on any atom is 0.251 e. The number of halogens is 1. The average molecular weight is 326 g/mol. The SMILES string of the molecule is CC(C)CC(CBr)NC(=O)c1ccc2c(c1)COC2. The Hall–Kier alpha value is -0.870. The second-order valence-corrected chi connectivity index (χ2v) is 6.08. The van der Waals surface area contributed by atoms with Crippen LogP contribution in [0, 0.1) is 5.92 Å². The summed E-state index contributed by atoms with van der Waals surface area (Å²) >= 11 is 3.46. The lowest BCUT2D eigenvalue weighted by Crippen LogP contribution is -2.37. The minimum Gasteiger partial charge on any atom is -0.372 e. The first-order valence-corrected chi connectivity index (χ1v) is 7.78. The van der Waals surface area contributed by atoms with Crippen molar-refractivity contribution < 1.29 is 9.53 Å². The molecule has 104 valence electrons. The van der Waals surface area contributed by atoms with E-state index in [9.17, 15) is 4.79 Å². The van der Waals surface area contributed by atoms with E-state index in [1.165, 1.54) is 5.56 Å². The number of ether oxygens (including phenoxy) is 1. The molecule has 1 aromatic rings. The Balaban J connectivity index is 2.03. The summed E-state index contributed by atoms with van der Waals surface area (Å²) in [7, 11) is 0. The van der Waals surface area contributed by atoms with Crippen LogP contribution in [0.4, 0.5) is 0 Å². The van der Waals surface area contributed by atoms with Crippen molar-refractivity contribution in [3.63, 3.8) is 0 Å². The smallest absolute Gasteiger partial charge is 0.251 e. The molecule has 1 aliphatic rings. The lowest BCUT2D eigenvalue weighted by molar-refractivity contribution is 0.0937. The number of carbonyl (C=O) groups excluding carboxylic acids is 1. The molecule has 0 saturated heterocycles. The molecular formula is C15H20BrNO2. The van der Waals surface area contributed by atoms with Gasteiger partial charge in [0.1, 0.15) is 0 Å². The molecule has 0 radical (unpaired) electrons. The van der Waals surface area contributed by atoms with Gasteiger partial charge in [0.25, 0.3) is 5.91 Å². The summed E-state index contributed by atoms with van der Waals surface area (Å²) in [6.07, 6.45) is 0.977. The molecule has 1 unspecified atom stereocenters. The number of amides is 1. The molecule has 1 aromatic carbocycles. The second kappa shape index (κ2) is 6.53. The Morgan fingerprint density at radius 2 is 2.11 bits per heavy atom. The molecule has 0 spiro atoms. The van der Waals surface area contributed by atoms with Crippen molar-refractivity contribution in [1.82, 2.24) is 5.32 Å². The van der Waals surface area contributed by atoms with Gasteiger partial charge in [-0.15, -0.1) is 0 Å². The molecule has 19 heavy (non-hydrogen) atoms. The molecule has 0 bridgehead atoms. The summed E-state index contributed by atoms with van der Waals surface area (Å²) in [5.74, 6) is 0.566. The summed E-state index contributed by atoms with van der Waals surface area (Å²) in [5, 5.41) is 3.86. The predicted molar refractivity (Wildman–Crippen MR) is 79.4 cm³/mol. The first kappa shape index (κ1) is 14.5. The van der Waals surface area contributed by atoms with E-state index in [2.05, 4.69) is 35.1 Å². The quantitative estimate of drug-likeness (QED) is 0.844. The molecule has 4 heteroatoms. The number of carbonyl (C=O) groups is 1. The zero-order chi connectivity index (χ0) is 13.8. The third kappa shape index (κ3) is 3.80. The van der Waals surface area contributed by atoms with Gasteiger partial charge in [0.15, 0.2) is 0 Å². The molecule has 3 nitrogen and oxygen atoms in total. The molecule has 1 aliphatic heterocycles. The van der Waals surface area contributed by atoms with Gasteiger partial charge in [0.2, 0.25) is 0 Å². The van der Waals surface area contributed by atoms with E-state index in [0.29, 0.717) is 19.1 Å². The van der Waals surface area contributed by atoms with Gasteiger partial charge in [-0.1, -0.05) is 35.8 Å². The summed E-state index contributed by atoms with van der Waals surface area (Å²) in [6.45, 7) is 5.60. The normalized spacial score (nSPS) is 15.4. The Morgan fingerprint density at radius 3 is 2.79 bits per heavy atom. The molecule has 0 aromatic heterocycles. The molecule has 1 heterocycles. The summed E-state index contributed by atoms with van der Waals surface area (Å²) < 4.78 is 5.37. The van der Waals surface area contributed by atoms with Crippen LogP contribution in [0.5, 0.6) is 0 Å². The van der Waals surface area contributed by atoms with Crippen LogP contribution in [0.25, 0.3) is 0 Å². The van der Waals surface area contributed by atoms with Gasteiger partial charge in [0.05, 0.1) is 13.2 Å². The molecule has 2 rings (SSSR count). The lowest BCUT2D eigenvalue weighted by Gasteiger charge is -2.18. The maximum absolute atomic E-state index is 12.2. The average Bonchev–Trinajstić information content (AvgIpc) is 2.84. The van der Waals surface area contributed by atoms with E-state index in [0.717, 1.165) is 22.9 Å². The predicted octanol–water partition coefficient (Wildman–Crippen LogP) is 3.26. The Morgan fingerprint density at radius 1 is 1.37 bits per heavy atom. The zero-order valence-corrected chi connectivity index (χ0v) is 13.0. The van der Waals surface area contributed by atoms with E-state index < -0.39 is 0 Å². The van der Waals surface area contributed by atoms with Crippen LogP contribution in [0.15, 0.2) is 18.2 Å². The third-order valence-corrected chi connectivity index (χ3v) is 4.04. The van der Waals surface area contributed by atoms with Crippen molar-refractivity contribution in [2.24, 2.45) is 5.92 Å². The van der Waals surface area contributed by atoms with Crippen LogP contribution in [0.3, 0.4) is 0 Å². The largest absolute Gasteiger partial charge is 0.372 e. The number of nitrogens with one attached hydrogen (secondary N) is 1. The van der Waals surface area contributed by atoms with Crippen LogP contribution < -0.4 is 5.32 Å². The fourth-order valence-corrected chi connectivity index (χ4v) is 2.74. The molecule has 1 amide bonds. The summed E-state index contributed by atoms with van der Waals surface area (Å²) in [4.78, 5) is 12.2. The lowest BCUT2D eigenvalue weighted by atomic mass is 10.0. The van der Waals surface area contributed by atoms with E-state index in [1.54, 1.807) is 0 Å². The summed E-state index contributed by atoms with van der Waals surface area (Å²) in [5.41, 5.74) is 3.04. The number of hydrogen-bond donors (Lipinski definition) is 1. The fraction of sp³-hybridized carbons (Fsp3) is 0.533. The number of hydrogen-bond acceptors (Lipinski definition) is 2. The Labute approximate surface area is 122 Å². The number of rotatable bonds is 5. The fourth-order valence-electron chi connectivity index (χ4n) is 2.31. The van der Waals surface area contributed by atoms with Crippen molar-refractivity contribution in [1.29, 1.82) is 0 Å². The maximum atomic E-state index is 12.2. The van der Waals surface area contributed by atoms with Crippen molar-refractivity contribution in [3.05, 3.63) is 34.9 Å². The molecule has 0 aliphatic carbocycles. The van der Waals surface area contributed by atoms with Crippen LogP contribution in [0.1, 0.15) is 41.8 Å². The molecule has 0 fully saturated rings. The van der Waals surface area contributed by atoms with E-state index in [-0.39, 0.29) is 11.9 Å². The third-order valence-electron chi connectivity index (χ3n) is 3.26. The minimum atomic E-state index is -0.000185. The highest BCUT2D eigenvalue weighted by Gasteiger charge is 2.17. The van der Waals surface area contributed by atoms with Crippen molar-refractivity contribution >= 4 is 21.8 Å². The number of benzene rings is 1. The highest BCUT2D eigenvalue weighted by Crippen LogP contribution is 2.21. The van der Waals surface area contributed by atoms with Gasteiger partial charge in [-0.3, -0.25) is 4.79 Å². The van der Waals surface area contributed by atoms with Gasteiger partial charge < -0.3 is 10.1 Å². The molecule has 1 atom stereocenters. The molecular weight excluding hydrogens is 306 g/mol. The Kier molecular flexibility index (Phi) is 4.99. The van der Waals surface area contributed by atoms with Crippen LogP contribution in [0.2, 0.25) is 0 Å². The van der Waals surface area contributed by atoms with Crippen LogP contribution in [-0.2, 0) is 18.0 Å². The molecule has 1 N–H and O–H groups in total. The zero-order valence-electron chi connectivity index (χ0n) is 11.4. The monoisotopic (exact) mass is 325 g/mol. The van der Waals surface area contributed by atoms with Gasteiger partial charge in [-0.25, -0.2) is 0 Å². The first-order valence-electron chi connectivity index (χ1n) is 6.66. The first-order chi connectivity index (χ1) is 9.10. The highest BCUT2D eigenvalue weighted by molar-refractivity contribution is 9.09. The van der Waals surface area contributed by atoms with Gasteiger partial charge in [0, 0.05) is 16.9 Å². The van der Waals surface area contributed by atoms with Gasteiger partial charge in [-0.05, 0) is 35.6 Å². The van der Waals surface area contributed by atoms with Gasteiger partial charge >= 0.3 is 0 Å². The van der Waals surface area contributed by atoms with Crippen LogP contribution >= 0.6 is 15.9 Å². The number of alkyl halides is 1. The molecule has 0 saturated carbocycles. The highest BCUT2D eigenvalue weighted by atomic mass is 79.9. The van der Waals surface area contributed by atoms with Gasteiger partial charge in [-0.2, -0.15) is 0 Å². The Bertz CT molecular complexity index is 459. The van der Waals surface area contributed by atoms with Crippen LogP contribution in [-0.4, -0.2) is 17.3 Å². The standard InChI is InChI=1S/C15H20BrNO2/c1-10(2)5-14(7-16)17-15(18)11-3-4-12-8-19-9-13(12)6-11/h3-4,6,10,14H,5,7-9H2,1-2H3,(H,17,18). The summed E-state index contributed by atoms with van der Waals surface area (Å²) in [6, 6.07) is 5.99. The van der Waals surface area contributed by atoms with Crippen molar-refractivity contribution in [3.8, 4) is 0 Å². The van der Waals surface area contributed by atoms with E-state index >= 15 is 0 Å². The topological polar surface area (TPSA) is 38.3 Å². The van der Waals surface area contributed by atoms with Crippen molar-refractivity contribution in [2.75, 3.05) is 5.33 Å². The number of fused-ring (bicyclic) bond motifs is 1. The van der Waals surface area contributed by atoms with Crippen molar-refractivity contribution in [2.45, 2.75) is 39.5 Å². The second-order valence-electron chi connectivity index (χ2n) is 5.43. The van der Waals surface area contributed by atoms with E-state index in [1.807, 2.05) is 18.2 Å². The minimum absolute atomic E-state index is 0.000185. The van der Waals surface area contributed by atoms with E-state index in [4.69, 9.17) is 4.74 Å².